The molecule has 54 heavy (non-hydrogen) atoms. The molecule has 10 aromatic rings. The molecule has 2 aliphatic rings. The largest absolute Gasteiger partial charge is 0.309 e. The summed E-state index contributed by atoms with van der Waals surface area (Å²) in [5.74, 6) is 0.348. The van der Waals surface area contributed by atoms with Crippen molar-refractivity contribution >= 4 is 71.1 Å². The fraction of sp³-hybridized carbons (Fsp3) is 0.0980. The third-order valence-electron chi connectivity index (χ3n) is 12.4. The van der Waals surface area contributed by atoms with Gasteiger partial charge in [0.25, 0.3) is 0 Å². The van der Waals surface area contributed by atoms with Crippen LogP contribution in [0.2, 0.25) is 0 Å². The summed E-state index contributed by atoms with van der Waals surface area (Å²) in [5.41, 5.74) is 15.6. The van der Waals surface area contributed by atoms with E-state index in [1.54, 1.807) is 0 Å². The summed E-state index contributed by atoms with van der Waals surface area (Å²) in [7, 11) is 0. The molecule has 7 aromatic carbocycles. The predicted octanol–water partition coefficient (Wildman–Crippen LogP) is 13.8. The topological polar surface area (TPSA) is 9.86 Å². The van der Waals surface area contributed by atoms with Crippen molar-refractivity contribution in [1.29, 1.82) is 0 Å². The average molecular weight is 709 g/mol. The van der Waals surface area contributed by atoms with Gasteiger partial charge >= 0.3 is 0 Å². The smallest absolute Gasteiger partial charge is 0.0644 e. The van der Waals surface area contributed by atoms with Crippen molar-refractivity contribution in [3.05, 3.63) is 185 Å². The molecule has 1 atom stereocenters. The quantitative estimate of drug-likeness (QED) is 0.173. The molecule has 0 saturated carbocycles. The van der Waals surface area contributed by atoms with Gasteiger partial charge in [0.2, 0.25) is 0 Å². The van der Waals surface area contributed by atoms with Gasteiger partial charge in [-0.25, -0.2) is 0 Å². The van der Waals surface area contributed by atoms with Crippen LogP contribution < -0.4 is 0 Å². The molecule has 2 aliphatic carbocycles. The Labute approximate surface area is 317 Å². The average Bonchev–Trinajstić information content (AvgIpc) is 3.93. The molecule has 0 aliphatic heterocycles. The van der Waals surface area contributed by atoms with Gasteiger partial charge in [-0.1, -0.05) is 129 Å². The second-order valence-electron chi connectivity index (χ2n) is 15.6. The fourth-order valence-electron chi connectivity index (χ4n) is 10.1. The minimum Gasteiger partial charge on any atom is -0.309 e. The third kappa shape index (κ3) is 3.95. The number of thiophene rings is 1. The van der Waals surface area contributed by atoms with E-state index in [0.717, 1.165) is 6.42 Å². The maximum atomic E-state index is 2.57. The zero-order chi connectivity index (χ0) is 35.7. The number of hydrogen-bond acceptors (Lipinski definition) is 1. The number of fused-ring (bicyclic) bond motifs is 15. The van der Waals surface area contributed by atoms with Gasteiger partial charge in [-0.2, -0.15) is 0 Å². The number of nitrogens with zero attached hydrogens (tertiary/aromatic N) is 2. The Morgan fingerprint density at radius 3 is 1.96 bits per heavy atom. The van der Waals surface area contributed by atoms with E-state index in [1.165, 1.54) is 103 Å². The highest BCUT2D eigenvalue weighted by Crippen LogP contribution is 2.58. The molecule has 0 amide bonds. The second kappa shape index (κ2) is 10.9. The van der Waals surface area contributed by atoms with E-state index < -0.39 is 0 Å². The number of allylic oxidation sites excluding steroid dienone is 1. The molecule has 256 valence electrons. The summed E-state index contributed by atoms with van der Waals surface area (Å²) >= 11 is 1.91. The first-order valence-electron chi connectivity index (χ1n) is 19.0. The maximum absolute atomic E-state index is 2.57. The monoisotopic (exact) mass is 708 g/mol. The summed E-state index contributed by atoms with van der Waals surface area (Å²) in [6.45, 7) is 4.86. The van der Waals surface area contributed by atoms with Crippen molar-refractivity contribution in [3.63, 3.8) is 0 Å². The van der Waals surface area contributed by atoms with Crippen LogP contribution in [0.1, 0.15) is 46.9 Å². The van der Waals surface area contributed by atoms with Crippen LogP contribution in [0, 0.1) is 0 Å². The van der Waals surface area contributed by atoms with E-state index in [2.05, 4.69) is 187 Å². The minimum absolute atomic E-state index is 0.201. The summed E-state index contributed by atoms with van der Waals surface area (Å²) < 4.78 is 6.48. The first kappa shape index (κ1) is 30.3. The normalized spacial score (nSPS) is 15.8. The van der Waals surface area contributed by atoms with Crippen LogP contribution in [0.5, 0.6) is 0 Å². The molecule has 0 saturated heterocycles. The Bertz CT molecular complexity index is 3200. The lowest BCUT2D eigenvalue weighted by Gasteiger charge is -2.23. The number of aromatic nitrogens is 2. The Morgan fingerprint density at radius 1 is 0.574 bits per heavy atom. The van der Waals surface area contributed by atoms with E-state index in [1.807, 2.05) is 11.3 Å². The van der Waals surface area contributed by atoms with Crippen LogP contribution in [0.25, 0.3) is 82.3 Å². The van der Waals surface area contributed by atoms with Gasteiger partial charge in [0.15, 0.2) is 0 Å². The lowest BCUT2D eigenvalue weighted by molar-refractivity contribution is 0.667. The van der Waals surface area contributed by atoms with Crippen LogP contribution in [-0.2, 0) is 11.8 Å². The van der Waals surface area contributed by atoms with E-state index in [9.17, 15) is 0 Å². The van der Waals surface area contributed by atoms with Crippen molar-refractivity contribution in [3.8, 4) is 22.5 Å². The molecule has 3 heteroatoms. The lowest BCUT2D eigenvalue weighted by Crippen LogP contribution is -2.15. The Kier molecular flexibility index (Phi) is 6.14. The second-order valence-corrected chi connectivity index (χ2v) is 16.7. The highest BCUT2D eigenvalue weighted by molar-refractivity contribution is 7.20. The van der Waals surface area contributed by atoms with E-state index in [0.29, 0.717) is 5.92 Å². The van der Waals surface area contributed by atoms with Crippen LogP contribution in [0.3, 0.4) is 0 Å². The van der Waals surface area contributed by atoms with E-state index in [-0.39, 0.29) is 5.41 Å². The van der Waals surface area contributed by atoms with Gasteiger partial charge in [0.05, 0.1) is 22.1 Å². The molecule has 1 unspecified atom stereocenters. The molecule has 0 N–H and O–H groups in total. The number of hydrogen-bond donors (Lipinski definition) is 0. The highest BCUT2D eigenvalue weighted by Gasteiger charge is 2.41. The van der Waals surface area contributed by atoms with Crippen LogP contribution in [0.4, 0.5) is 0 Å². The van der Waals surface area contributed by atoms with Gasteiger partial charge < -0.3 is 9.13 Å². The fourth-order valence-corrected chi connectivity index (χ4v) is 11.3. The molecule has 3 aromatic heterocycles. The zero-order valence-electron chi connectivity index (χ0n) is 30.2. The maximum Gasteiger partial charge on any atom is 0.0644 e. The van der Waals surface area contributed by atoms with Crippen molar-refractivity contribution in [2.24, 2.45) is 0 Å². The minimum atomic E-state index is -0.201. The van der Waals surface area contributed by atoms with Crippen LogP contribution in [-0.4, -0.2) is 9.13 Å². The Hall–Kier alpha value is -6.16. The summed E-state index contributed by atoms with van der Waals surface area (Å²) in [6, 6.07) is 56.5. The predicted molar refractivity (Wildman–Crippen MR) is 230 cm³/mol. The SMILES string of the molecule is CC1(C)c2ccccc2-c2c1c1c3ccccc3n(-c3ccccc3)c1c1c3ccccc3n(-c3ccc(C4C=Cc5sc6ccccc6c5C4)cc3)c21. The molecule has 0 bridgehead atoms. The van der Waals surface area contributed by atoms with Crippen molar-refractivity contribution < 1.29 is 0 Å². The van der Waals surface area contributed by atoms with Crippen molar-refractivity contribution in [2.75, 3.05) is 0 Å². The Balaban J connectivity index is 1.17. The van der Waals surface area contributed by atoms with Gasteiger partial charge in [0, 0.05) is 59.4 Å². The van der Waals surface area contributed by atoms with Gasteiger partial charge in [-0.3, -0.25) is 0 Å². The van der Waals surface area contributed by atoms with Gasteiger partial charge in [-0.15, -0.1) is 11.3 Å². The van der Waals surface area contributed by atoms with Gasteiger partial charge in [0.1, 0.15) is 0 Å². The zero-order valence-corrected chi connectivity index (χ0v) is 31.0. The Morgan fingerprint density at radius 2 is 1.19 bits per heavy atom. The molecule has 2 nitrogen and oxygen atoms in total. The standard InChI is InChI=1S/C51H36N2S/c1-51(2)40-20-10-6-17-36(40)45-48(51)46-37-18-7-11-21-41(37)52(33-14-4-3-5-15-33)50(46)47-38-19-8-12-22-42(38)53(49(45)47)34-27-24-31(25-28-34)32-26-29-44-39(30-32)35-16-9-13-23-43(35)54-44/h3-29,32H,30H2,1-2H3. The summed E-state index contributed by atoms with van der Waals surface area (Å²) in [4.78, 5) is 1.41. The molecular formula is C51H36N2S. The van der Waals surface area contributed by atoms with Crippen LogP contribution >= 0.6 is 11.3 Å². The number of benzene rings is 7. The molecule has 12 rings (SSSR count). The number of para-hydroxylation sites is 3. The third-order valence-corrected chi connectivity index (χ3v) is 13.6. The number of rotatable bonds is 3. The van der Waals surface area contributed by atoms with Crippen LogP contribution in [0.15, 0.2) is 158 Å². The molecule has 0 radical (unpaired) electrons. The molecular weight excluding hydrogens is 673 g/mol. The van der Waals surface area contributed by atoms with Gasteiger partial charge in [-0.05, 0) is 88.2 Å². The first-order chi connectivity index (χ1) is 26.6. The van der Waals surface area contributed by atoms with Crippen molar-refractivity contribution in [1.82, 2.24) is 9.13 Å². The highest BCUT2D eigenvalue weighted by atomic mass is 32.1. The lowest BCUT2D eigenvalue weighted by atomic mass is 9.80. The van der Waals surface area contributed by atoms with Crippen molar-refractivity contribution in [2.45, 2.75) is 31.6 Å². The first-order valence-corrected chi connectivity index (χ1v) is 19.9. The van der Waals surface area contributed by atoms with E-state index in [4.69, 9.17) is 0 Å². The summed E-state index contributed by atoms with van der Waals surface area (Å²) in [5, 5.41) is 6.66. The van der Waals surface area contributed by atoms with E-state index >= 15 is 0 Å². The molecule has 0 spiro atoms. The molecule has 3 heterocycles. The summed E-state index contributed by atoms with van der Waals surface area (Å²) in [6.07, 6.45) is 5.80. The molecule has 0 fully saturated rings.